The molecule has 0 unspecified atom stereocenters. The number of rotatable bonds is 2. The summed E-state index contributed by atoms with van der Waals surface area (Å²) in [6.07, 6.45) is 2.18. The van der Waals surface area contributed by atoms with Crippen molar-refractivity contribution in [2.45, 2.75) is 19.4 Å². The smallest absolute Gasteiger partial charge is 0.0662 e. The number of aryl methyl sites for hydroxylation is 2. The second-order valence-corrected chi connectivity index (χ2v) is 5.65. The Morgan fingerprint density at radius 1 is 0.952 bits per heavy atom. The van der Waals surface area contributed by atoms with Gasteiger partial charge >= 0.3 is 0 Å². The van der Waals surface area contributed by atoms with Crippen molar-refractivity contribution in [1.82, 2.24) is 4.57 Å². The van der Waals surface area contributed by atoms with Crippen LogP contribution in [-0.2, 0) is 20.0 Å². The molecule has 0 saturated carbocycles. The van der Waals surface area contributed by atoms with E-state index in [2.05, 4.69) is 60.1 Å². The molecule has 2 nitrogen and oxygen atoms in total. The summed E-state index contributed by atoms with van der Waals surface area (Å²) in [6.45, 7) is 0.775. The van der Waals surface area contributed by atoms with Crippen LogP contribution in [0.5, 0.6) is 0 Å². The Morgan fingerprint density at radius 3 is 2.57 bits per heavy atom. The van der Waals surface area contributed by atoms with E-state index in [1.165, 1.54) is 33.4 Å². The molecule has 1 heterocycles. The number of nitrogens with zero attached hydrogens (tertiary/aromatic N) is 2. The maximum Gasteiger partial charge on any atom is 0.0662 e. The van der Waals surface area contributed by atoms with E-state index < -0.39 is 0 Å². The zero-order chi connectivity index (χ0) is 14.2. The third-order valence-electron chi connectivity index (χ3n) is 4.39. The summed E-state index contributed by atoms with van der Waals surface area (Å²) in [5, 5.41) is 1.39. The second kappa shape index (κ2) is 4.88. The van der Waals surface area contributed by atoms with E-state index in [4.69, 9.17) is 4.99 Å². The summed E-state index contributed by atoms with van der Waals surface area (Å²) in [5.41, 5.74) is 6.66. The second-order valence-electron chi connectivity index (χ2n) is 5.65. The van der Waals surface area contributed by atoms with E-state index in [0.29, 0.717) is 0 Å². The molecule has 2 heteroatoms. The van der Waals surface area contributed by atoms with Crippen molar-refractivity contribution in [3.63, 3.8) is 0 Å². The van der Waals surface area contributed by atoms with Crippen molar-refractivity contribution < 1.29 is 0 Å². The van der Waals surface area contributed by atoms with Crippen LogP contribution >= 0.6 is 0 Å². The third-order valence-corrected chi connectivity index (χ3v) is 4.39. The largest absolute Gasteiger partial charge is 0.342 e. The van der Waals surface area contributed by atoms with Gasteiger partial charge in [-0.1, -0.05) is 48.5 Å². The van der Waals surface area contributed by atoms with Crippen molar-refractivity contribution >= 4 is 16.6 Å². The first-order valence-electron chi connectivity index (χ1n) is 7.48. The van der Waals surface area contributed by atoms with E-state index in [1.807, 2.05) is 6.07 Å². The van der Waals surface area contributed by atoms with Gasteiger partial charge in [0.15, 0.2) is 0 Å². The van der Waals surface area contributed by atoms with Crippen molar-refractivity contribution in [3.05, 3.63) is 71.4 Å². The molecular formula is C19H18N2. The molecular weight excluding hydrogens is 256 g/mol. The maximum atomic E-state index is 4.89. The minimum atomic E-state index is 0.775. The molecule has 1 aromatic heterocycles. The minimum absolute atomic E-state index is 0.775. The predicted molar refractivity (Wildman–Crippen MR) is 87.9 cm³/mol. The van der Waals surface area contributed by atoms with Crippen molar-refractivity contribution in [2.24, 2.45) is 12.0 Å². The molecule has 2 aromatic carbocycles. The standard InChI is InChI=1S/C19H18N2/c1-21-18-10-6-5-9-15(18)16-11-12-17(19(16)21)20-13-14-7-3-2-4-8-14/h2-10H,11-13H2,1H3. The normalized spacial score (nSPS) is 15.8. The van der Waals surface area contributed by atoms with Gasteiger partial charge in [0.1, 0.15) is 0 Å². The average Bonchev–Trinajstić information content (AvgIpc) is 3.07. The van der Waals surface area contributed by atoms with Crippen LogP contribution in [0, 0.1) is 0 Å². The van der Waals surface area contributed by atoms with Crippen LogP contribution in [0.3, 0.4) is 0 Å². The van der Waals surface area contributed by atoms with Crippen LogP contribution < -0.4 is 0 Å². The summed E-state index contributed by atoms with van der Waals surface area (Å²) in [5.74, 6) is 0. The summed E-state index contributed by atoms with van der Waals surface area (Å²) in [6, 6.07) is 19.1. The van der Waals surface area contributed by atoms with Crippen molar-refractivity contribution in [3.8, 4) is 0 Å². The molecule has 3 aromatic rings. The summed E-state index contributed by atoms with van der Waals surface area (Å²) in [4.78, 5) is 4.89. The average molecular weight is 274 g/mol. The van der Waals surface area contributed by atoms with Crippen LogP contribution in [0.2, 0.25) is 0 Å². The molecule has 0 N–H and O–H groups in total. The minimum Gasteiger partial charge on any atom is -0.342 e. The van der Waals surface area contributed by atoms with Gasteiger partial charge in [0.25, 0.3) is 0 Å². The first-order chi connectivity index (χ1) is 10.3. The summed E-state index contributed by atoms with van der Waals surface area (Å²) < 4.78 is 2.31. The lowest BCUT2D eigenvalue weighted by Crippen LogP contribution is -2.03. The zero-order valence-corrected chi connectivity index (χ0v) is 12.2. The van der Waals surface area contributed by atoms with E-state index in [0.717, 1.165) is 19.4 Å². The number of aromatic nitrogens is 1. The molecule has 104 valence electrons. The Hall–Kier alpha value is -2.35. The fourth-order valence-corrected chi connectivity index (χ4v) is 3.38. The highest BCUT2D eigenvalue weighted by molar-refractivity contribution is 6.09. The van der Waals surface area contributed by atoms with Gasteiger partial charge in [0.2, 0.25) is 0 Å². The number of benzene rings is 2. The first kappa shape index (κ1) is 12.4. The molecule has 0 saturated heterocycles. The molecule has 4 rings (SSSR count). The number of para-hydroxylation sites is 1. The van der Waals surface area contributed by atoms with Gasteiger partial charge < -0.3 is 4.57 Å². The van der Waals surface area contributed by atoms with Gasteiger partial charge in [-0.3, -0.25) is 4.99 Å². The number of hydrogen-bond donors (Lipinski definition) is 0. The van der Waals surface area contributed by atoms with Crippen LogP contribution in [0.15, 0.2) is 59.6 Å². The van der Waals surface area contributed by atoms with Gasteiger partial charge in [-0.15, -0.1) is 0 Å². The van der Waals surface area contributed by atoms with E-state index in [1.54, 1.807) is 0 Å². The molecule has 0 bridgehead atoms. The monoisotopic (exact) mass is 274 g/mol. The van der Waals surface area contributed by atoms with Crippen molar-refractivity contribution in [2.75, 3.05) is 0 Å². The lowest BCUT2D eigenvalue weighted by molar-refractivity contribution is 0.947. The Labute approximate surface area is 124 Å². The van der Waals surface area contributed by atoms with Crippen LogP contribution in [0.25, 0.3) is 10.9 Å². The molecule has 0 atom stereocenters. The zero-order valence-electron chi connectivity index (χ0n) is 12.2. The fourth-order valence-electron chi connectivity index (χ4n) is 3.38. The Morgan fingerprint density at radius 2 is 1.71 bits per heavy atom. The Kier molecular flexibility index (Phi) is 2.88. The van der Waals surface area contributed by atoms with E-state index in [-0.39, 0.29) is 0 Å². The fraction of sp³-hybridized carbons (Fsp3) is 0.211. The van der Waals surface area contributed by atoms with Gasteiger partial charge in [-0.2, -0.15) is 0 Å². The quantitative estimate of drug-likeness (QED) is 0.669. The Bertz CT molecular complexity index is 825. The van der Waals surface area contributed by atoms with Crippen LogP contribution in [-0.4, -0.2) is 10.3 Å². The van der Waals surface area contributed by atoms with Gasteiger partial charge in [0.05, 0.1) is 18.0 Å². The first-order valence-corrected chi connectivity index (χ1v) is 7.48. The Balaban J connectivity index is 1.76. The lowest BCUT2D eigenvalue weighted by atomic mass is 10.1. The van der Waals surface area contributed by atoms with E-state index >= 15 is 0 Å². The SMILES string of the molecule is Cn1c2c(c3ccccc31)CCC2=NCc1ccccc1. The molecule has 0 radical (unpaired) electrons. The molecule has 0 spiro atoms. The maximum absolute atomic E-state index is 4.89. The number of hydrogen-bond acceptors (Lipinski definition) is 1. The highest BCUT2D eigenvalue weighted by Gasteiger charge is 2.24. The van der Waals surface area contributed by atoms with Gasteiger partial charge in [0, 0.05) is 18.0 Å². The van der Waals surface area contributed by atoms with Gasteiger partial charge in [-0.25, -0.2) is 0 Å². The molecule has 1 aliphatic rings. The molecule has 0 aliphatic heterocycles. The third kappa shape index (κ3) is 1.99. The summed E-state index contributed by atoms with van der Waals surface area (Å²) in [7, 11) is 2.16. The van der Waals surface area contributed by atoms with E-state index in [9.17, 15) is 0 Å². The number of aliphatic imine (C=N–C) groups is 1. The number of fused-ring (bicyclic) bond motifs is 3. The van der Waals surface area contributed by atoms with Crippen LogP contribution in [0.1, 0.15) is 23.2 Å². The van der Waals surface area contributed by atoms with Gasteiger partial charge in [-0.05, 0) is 30.0 Å². The van der Waals surface area contributed by atoms with Crippen molar-refractivity contribution in [1.29, 1.82) is 0 Å². The van der Waals surface area contributed by atoms with Crippen LogP contribution in [0.4, 0.5) is 0 Å². The molecule has 0 amide bonds. The topological polar surface area (TPSA) is 17.3 Å². The predicted octanol–water partition coefficient (Wildman–Crippen LogP) is 4.11. The highest BCUT2D eigenvalue weighted by Crippen LogP contribution is 2.32. The lowest BCUT2D eigenvalue weighted by Gasteiger charge is -2.04. The summed E-state index contributed by atoms with van der Waals surface area (Å²) >= 11 is 0. The molecule has 0 fully saturated rings. The molecule has 21 heavy (non-hydrogen) atoms. The molecule has 1 aliphatic carbocycles. The highest BCUT2D eigenvalue weighted by atomic mass is 15.0.